The Balaban J connectivity index is 2.18. The van der Waals surface area contributed by atoms with E-state index in [0.717, 1.165) is 17.5 Å². The molecule has 0 heterocycles. The minimum atomic E-state index is 0.311. The maximum absolute atomic E-state index is 3.24. The molecule has 0 N–H and O–H groups in total. The Morgan fingerprint density at radius 2 is 1.42 bits per heavy atom. The van der Waals surface area contributed by atoms with Crippen molar-refractivity contribution in [1.82, 2.24) is 0 Å². The summed E-state index contributed by atoms with van der Waals surface area (Å²) in [5.74, 6) is 6.44. The largest absolute Gasteiger partial charge is 0.0622 e. The molecule has 0 aromatic heterocycles. The quantitative estimate of drug-likeness (QED) is 0.643. The predicted octanol–water partition coefficient (Wildman–Crippen LogP) is 4.68. The van der Waals surface area contributed by atoms with E-state index >= 15 is 0 Å². The SMILES string of the molecule is CC(C)(C)Cc1cccc(C#Cc2ccccc2)c1. The first kappa shape index (κ1) is 13.4. The molecule has 0 heteroatoms. The van der Waals surface area contributed by atoms with Gasteiger partial charge in [0.1, 0.15) is 0 Å². The first-order valence-electron chi connectivity index (χ1n) is 6.69. The highest BCUT2D eigenvalue weighted by molar-refractivity contribution is 5.43. The summed E-state index contributed by atoms with van der Waals surface area (Å²) in [6.45, 7) is 6.78. The van der Waals surface area contributed by atoms with Crippen LogP contribution in [0.3, 0.4) is 0 Å². The van der Waals surface area contributed by atoms with Crippen molar-refractivity contribution in [2.24, 2.45) is 5.41 Å². The van der Waals surface area contributed by atoms with Crippen LogP contribution in [0.4, 0.5) is 0 Å². The minimum Gasteiger partial charge on any atom is -0.0622 e. The molecule has 2 aromatic rings. The molecular weight excluding hydrogens is 228 g/mol. The van der Waals surface area contributed by atoms with Crippen LogP contribution in [-0.2, 0) is 6.42 Å². The fourth-order valence-electron chi connectivity index (χ4n) is 2.04. The molecule has 0 aliphatic carbocycles. The lowest BCUT2D eigenvalue weighted by molar-refractivity contribution is 0.411. The van der Waals surface area contributed by atoms with Crippen LogP contribution >= 0.6 is 0 Å². The standard InChI is InChI=1S/C19H20/c1-19(2,3)15-18-11-7-10-17(14-18)13-12-16-8-5-4-6-9-16/h4-11,14H,15H2,1-3H3. The number of hydrogen-bond donors (Lipinski definition) is 0. The van der Waals surface area contributed by atoms with Gasteiger partial charge in [-0.2, -0.15) is 0 Å². The summed E-state index contributed by atoms with van der Waals surface area (Å²) in [5.41, 5.74) is 3.81. The Labute approximate surface area is 116 Å². The van der Waals surface area contributed by atoms with Crippen LogP contribution < -0.4 is 0 Å². The van der Waals surface area contributed by atoms with Crippen LogP contribution in [0, 0.1) is 17.3 Å². The van der Waals surface area contributed by atoms with Gasteiger partial charge >= 0.3 is 0 Å². The zero-order valence-corrected chi connectivity index (χ0v) is 11.9. The topological polar surface area (TPSA) is 0 Å². The molecule has 0 spiro atoms. The van der Waals surface area contributed by atoms with Gasteiger partial charge in [-0.15, -0.1) is 0 Å². The molecule has 0 unspecified atom stereocenters. The van der Waals surface area contributed by atoms with E-state index < -0.39 is 0 Å². The van der Waals surface area contributed by atoms with Crippen LogP contribution in [0.25, 0.3) is 0 Å². The Bertz CT molecular complexity index is 589. The second-order valence-corrected chi connectivity index (χ2v) is 6.05. The molecule has 2 aromatic carbocycles. The van der Waals surface area contributed by atoms with Crippen molar-refractivity contribution >= 4 is 0 Å². The second-order valence-electron chi connectivity index (χ2n) is 6.05. The van der Waals surface area contributed by atoms with Crippen LogP contribution in [0.5, 0.6) is 0 Å². The van der Waals surface area contributed by atoms with Crippen LogP contribution in [-0.4, -0.2) is 0 Å². The molecular formula is C19H20. The average Bonchev–Trinajstić information content (AvgIpc) is 2.36. The zero-order chi connectivity index (χ0) is 13.7. The molecule has 2 rings (SSSR count). The molecule has 0 amide bonds. The van der Waals surface area contributed by atoms with Crippen LogP contribution in [0.15, 0.2) is 54.6 Å². The number of benzene rings is 2. The molecule has 0 saturated heterocycles. The van der Waals surface area contributed by atoms with E-state index in [9.17, 15) is 0 Å². The maximum Gasteiger partial charge on any atom is 0.0251 e. The van der Waals surface area contributed by atoms with Crippen molar-refractivity contribution in [3.63, 3.8) is 0 Å². The molecule has 0 radical (unpaired) electrons. The summed E-state index contributed by atoms with van der Waals surface area (Å²) in [6, 6.07) is 18.6. The minimum absolute atomic E-state index is 0.311. The number of rotatable bonds is 1. The molecule has 19 heavy (non-hydrogen) atoms. The second kappa shape index (κ2) is 5.76. The molecule has 96 valence electrons. The van der Waals surface area contributed by atoms with Gasteiger partial charge in [0, 0.05) is 11.1 Å². The van der Waals surface area contributed by atoms with Gasteiger partial charge in [0.05, 0.1) is 0 Å². The Hall–Kier alpha value is -2.00. The Morgan fingerprint density at radius 1 is 0.789 bits per heavy atom. The average molecular weight is 248 g/mol. The summed E-state index contributed by atoms with van der Waals surface area (Å²) in [5, 5.41) is 0. The van der Waals surface area contributed by atoms with Crippen molar-refractivity contribution in [1.29, 1.82) is 0 Å². The third kappa shape index (κ3) is 4.64. The summed E-state index contributed by atoms with van der Waals surface area (Å²) < 4.78 is 0. The molecule has 0 fully saturated rings. The van der Waals surface area contributed by atoms with Crippen molar-refractivity contribution in [2.75, 3.05) is 0 Å². The highest BCUT2D eigenvalue weighted by atomic mass is 14.2. The van der Waals surface area contributed by atoms with Gasteiger partial charge in [0.25, 0.3) is 0 Å². The first-order chi connectivity index (χ1) is 9.03. The van der Waals surface area contributed by atoms with E-state index in [-0.39, 0.29) is 0 Å². The fraction of sp³-hybridized carbons (Fsp3) is 0.263. The normalized spacial score (nSPS) is 10.7. The van der Waals surface area contributed by atoms with E-state index in [1.165, 1.54) is 5.56 Å². The van der Waals surface area contributed by atoms with E-state index in [4.69, 9.17) is 0 Å². The van der Waals surface area contributed by atoms with E-state index in [1.807, 2.05) is 30.3 Å². The van der Waals surface area contributed by atoms with Gasteiger partial charge in [-0.25, -0.2) is 0 Å². The smallest absolute Gasteiger partial charge is 0.0251 e. The lowest BCUT2D eigenvalue weighted by Crippen LogP contribution is -2.09. The van der Waals surface area contributed by atoms with Crippen molar-refractivity contribution in [3.05, 3.63) is 71.3 Å². The lowest BCUT2D eigenvalue weighted by atomic mass is 9.88. The summed E-state index contributed by atoms with van der Waals surface area (Å²) in [6.07, 6.45) is 1.08. The van der Waals surface area contributed by atoms with Crippen molar-refractivity contribution in [2.45, 2.75) is 27.2 Å². The zero-order valence-electron chi connectivity index (χ0n) is 11.9. The van der Waals surface area contributed by atoms with E-state index in [0.29, 0.717) is 5.41 Å². The summed E-state index contributed by atoms with van der Waals surface area (Å²) >= 11 is 0. The van der Waals surface area contributed by atoms with Gasteiger partial charge in [0.15, 0.2) is 0 Å². The third-order valence-corrected chi connectivity index (χ3v) is 2.79. The number of hydrogen-bond acceptors (Lipinski definition) is 0. The van der Waals surface area contributed by atoms with E-state index in [1.54, 1.807) is 0 Å². The maximum atomic E-state index is 3.24. The van der Waals surface area contributed by atoms with Gasteiger partial charge < -0.3 is 0 Å². The summed E-state index contributed by atoms with van der Waals surface area (Å²) in [7, 11) is 0. The van der Waals surface area contributed by atoms with Gasteiger partial charge in [-0.05, 0) is 41.7 Å². The molecule has 0 saturated carbocycles. The lowest BCUT2D eigenvalue weighted by Gasteiger charge is -2.18. The van der Waals surface area contributed by atoms with Crippen LogP contribution in [0.2, 0.25) is 0 Å². The molecule has 0 aliphatic heterocycles. The first-order valence-corrected chi connectivity index (χ1v) is 6.69. The molecule has 0 bridgehead atoms. The Kier molecular flexibility index (Phi) is 4.07. The monoisotopic (exact) mass is 248 g/mol. The van der Waals surface area contributed by atoms with Crippen LogP contribution in [0.1, 0.15) is 37.5 Å². The third-order valence-electron chi connectivity index (χ3n) is 2.79. The van der Waals surface area contributed by atoms with Crippen molar-refractivity contribution < 1.29 is 0 Å². The van der Waals surface area contributed by atoms with Gasteiger partial charge in [-0.3, -0.25) is 0 Å². The molecule has 0 atom stereocenters. The van der Waals surface area contributed by atoms with Gasteiger partial charge in [-0.1, -0.05) is 62.9 Å². The highest BCUT2D eigenvalue weighted by Gasteiger charge is 2.10. The summed E-state index contributed by atoms with van der Waals surface area (Å²) in [4.78, 5) is 0. The molecule has 0 aliphatic rings. The van der Waals surface area contributed by atoms with E-state index in [2.05, 4.69) is 56.9 Å². The van der Waals surface area contributed by atoms with Crippen molar-refractivity contribution in [3.8, 4) is 11.8 Å². The fourth-order valence-corrected chi connectivity index (χ4v) is 2.04. The Morgan fingerprint density at radius 3 is 2.11 bits per heavy atom. The highest BCUT2D eigenvalue weighted by Crippen LogP contribution is 2.20. The van der Waals surface area contributed by atoms with Gasteiger partial charge in [0.2, 0.25) is 0 Å². The predicted molar refractivity (Wildman–Crippen MR) is 82.0 cm³/mol. The molecule has 0 nitrogen and oxygen atoms in total.